The molecular weight excluding hydrogens is 314 g/mol. The lowest BCUT2D eigenvalue weighted by Gasteiger charge is -2.28. The summed E-state index contributed by atoms with van der Waals surface area (Å²) in [5.74, 6) is -1.41. The topological polar surface area (TPSA) is 75.6 Å². The molecule has 1 aliphatic heterocycles. The van der Waals surface area contributed by atoms with Crippen molar-refractivity contribution in [1.29, 1.82) is 0 Å². The molecule has 0 aliphatic carbocycles. The fourth-order valence-electron chi connectivity index (χ4n) is 2.38. The molecule has 1 saturated heterocycles. The minimum absolute atomic E-state index is 0.156. The first-order valence-electron chi connectivity index (χ1n) is 6.89. The molecule has 0 spiro atoms. The fourth-order valence-corrected chi connectivity index (χ4v) is 3.45. The van der Waals surface area contributed by atoms with Gasteiger partial charge in [0.2, 0.25) is 5.91 Å². The van der Waals surface area contributed by atoms with Gasteiger partial charge in [0, 0.05) is 29.2 Å². The van der Waals surface area contributed by atoms with Crippen LogP contribution in [0.4, 0.5) is 0 Å². The van der Waals surface area contributed by atoms with Gasteiger partial charge in [-0.3, -0.25) is 4.79 Å². The van der Waals surface area contributed by atoms with Crippen molar-refractivity contribution in [3.05, 3.63) is 21.3 Å². The molecule has 116 valence electrons. The molecule has 0 saturated carbocycles. The van der Waals surface area contributed by atoms with Gasteiger partial charge in [0.05, 0.1) is 11.6 Å². The average Bonchev–Trinajstić information content (AvgIpc) is 2.89. The molecule has 0 bridgehead atoms. The van der Waals surface area contributed by atoms with E-state index in [-0.39, 0.29) is 18.2 Å². The number of carboxylic acids is 1. The van der Waals surface area contributed by atoms with Crippen LogP contribution < -0.4 is 5.32 Å². The van der Waals surface area contributed by atoms with E-state index in [1.807, 2.05) is 11.4 Å². The average molecular weight is 332 g/mol. The van der Waals surface area contributed by atoms with E-state index in [9.17, 15) is 14.7 Å². The molecule has 5 nitrogen and oxygen atoms in total. The zero-order chi connectivity index (χ0) is 15.2. The number of hydrogen-bond acceptors (Lipinski definition) is 4. The van der Waals surface area contributed by atoms with Gasteiger partial charge in [0.25, 0.3) is 0 Å². The maximum Gasteiger partial charge on any atom is 0.326 e. The Bertz CT molecular complexity index is 499. The lowest BCUT2D eigenvalue weighted by molar-refractivity contribution is -0.145. The standard InChI is InChI=1S/C14H18ClNO4S/c15-10-6-11(21-8-10)3-4-12(17)16-13(14(18)19)9-2-1-5-20-7-9/h6,8-9,13H,1-5,7H2,(H,16,17)(H,18,19). The van der Waals surface area contributed by atoms with Crippen LogP contribution in [0.2, 0.25) is 5.02 Å². The molecule has 2 heterocycles. The van der Waals surface area contributed by atoms with E-state index in [4.69, 9.17) is 16.3 Å². The maximum atomic E-state index is 11.9. The zero-order valence-electron chi connectivity index (χ0n) is 11.5. The number of thiophene rings is 1. The Kier molecular flexibility index (Phi) is 6.02. The number of halogens is 1. The van der Waals surface area contributed by atoms with Crippen molar-refractivity contribution in [3.8, 4) is 0 Å². The number of carboxylic acid groups (broad SMARTS) is 1. The van der Waals surface area contributed by atoms with E-state index in [1.54, 1.807) is 0 Å². The van der Waals surface area contributed by atoms with Crippen LogP contribution in [0, 0.1) is 5.92 Å². The van der Waals surface area contributed by atoms with E-state index in [1.165, 1.54) is 11.3 Å². The van der Waals surface area contributed by atoms with Crippen LogP contribution >= 0.6 is 22.9 Å². The van der Waals surface area contributed by atoms with E-state index in [2.05, 4.69) is 5.32 Å². The van der Waals surface area contributed by atoms with Crippen LogP contribution in [0.1, 0.15) is 24.1 Å². The number of nitrogens with one attached hydrogen (secondary N) is 1. The Morgan fingerprint density at radius 2 is 2.38 bits per heavy atom. The third-order valence-corrected chi connectivity index (χ3v) is 4.81. The summed E-state index contributed by atoms with van der Waals surface area (Å²) in [6.07, 6.45) is 2.42. The van der Waals surface area contributed by atoms with E-state index < -0.39 is 12.0 Å². The molecule has 1 fully saturated rings. The van der Waals surface area contributed by atoms with Crippen LogP contribution in [0.25, 0.3) is 0 Å². The molecule has 2 N–H and O–H groups in total. The van der Waals surface area contributed by atoms with Crippen LogP contribution in [0.15, 0.2) is 11.4 Å². The molecule has 2 rings (SSSR count). The van der Waals surface area contributed by atoms with Crippen molar-refractivity contribution in [2.75, 3.05) is 13.2 Å². The Hall–Kier alpha value is -1.11. The molecule has 21 heavy (non-hydrogen) atoms. The van der Waals surface area contributed by atoms with Crippen molar-refractivity contribution in [3.63, 3.8) is 0 Å². The third kappa shape index (κ3) is 4.98. The van der Waals surface area contributed by atoms with Crippen molar-refractivity contribution < 1.29 is 19.4 Å². The summed E-state index contributed by atoms with van der Waals surface area (Å²) in [6.45, 7) is 1.05. The zero-order valence-corrected chi connectivity index (χ0v) is 13.1. The smallest absolute Gasteiger partial charge is 0.326 e. The van der Waals surface area contributed by atoms with Crippen molar-refractivity contribution >= 4 is 34.8 Å². The first-order chi connectivity index (χ1) is 10.1. The molecule has 2 unspecified atom stereocenters. The number of aryl methyl sites for hydroxylation is 1. The van der Waals surface area contributed by atoms with Crippen molar-refractivity contribution in [2.45, 2.75) is 31.7 Å². The second-order valence-electron chi connectivity index (χ2n) is 5.09. The highest BCUT2D eigenvalue weighted by Crippen LogP contribution is 2.21. The van der Waals surface area contributed by atoms with Gasteiger partial charge >= 0.3 is 5.97 Å². The number of aliphatic carboxylic acids is 1. The minimum Gasteiger partial charge on any atom is -0.480 e. The quantitative estimate of drug-likeness (QED) is 0.839. The molecule has 7 heteroatoms. The highest BCUT2D eigenvalue weighted by Gasteiger charge is 2.31. The summed E-state index contributed by atoms with van der Waals surface area (Å²) >= 11 is 7.32. The molecule has 2 atom stereocenters. The predicted octanol–water partition coefficient (Wildman–Crippen LogP) is 2.33. The second-order valence-corrected chi connectivity index (χ2v) is 6.52. The molecule has 1 aliphatic rings. The van der Waals surface area contributed by atoms with Gasteiger partial charge in [0.1, 0.15) is 6.04 Å². The lowest BCUT2D eigenvalue weighted by Crippen LogP contribution is -2.48. The normalized spacial score (nSPS) is 20.0. The highest BCUT2D eigenvalue weighted by atomic mass is 35.5. The van der Waals surface area contributed by atoms with Gasteiger partial charge in [-0.1, -0.05) is 11.6 Å². The maximum absolute atomic E-state index is 11.9. The van der Waals surface area contributed by atoms with E-state index >= 15 is 0 Å². The summed E-state index contributed by atoms with van der Waals surface area (Å²) in [6, 6.07) is 0.952. The van der Waals surface area contributed by atoms with E-state index in [0.29, 0.717) is 24.7 Å². The molecular formula is C14H18ClNO4S. The Morgan fingerprint density at radius 1 is 1.57 bits per heavy atom. The molecule has 1 aromatic rings. The minimum atomic E-state index is -1.00. The fraction of sp³-hybridized carbons (Fsp3) is 0.571. The van der Waals surface area contributed by atoms with Gasteiger partial charge in [-0.05, 0) is 25.3 Å². The molecule has 0 radical (unpaired) electrons. The number of carbonyl (C=O) groups excluding carboxylic acids is 1. The monoisotopic (exact) mass is 331 g/mol. The number of rotatable bonds is 6. The molecule has 1 aromatic heterocycles. The largest absolute Gasteiger partial charge is 0.480 e. The van der Waals surface area contributed by atoms with Gasteiger partial charge in [0.15, 0.2) is 0 Å². The van der Waals surface area contributed by atoms with Gasteiger partial charge in [-0.15, -0.1) is 11.3 Å². The summed E-state index contributed by atoms with van der Waals surface area (Å²) in [5, 5.41) is 14.4. The van der Waals surface area contributed by atoms with Crippen molar-refractivity contribution in [1.82, 2.24) is 5.32 Å². The number of carbonyl (C=O) groups is 2. The number of ether oxygens (including phenoxy) is 1. The molecule has 0 aromatic carbocycles. The van der Waals surface area contributed by atoms with Crippen LogP contribution in [0.5, 0.6) is 0 Å². The highest BCUT2D eigenvalue weighted by molar-refractivity contribution is 7.10. The van der Waals surface area contributed by atoms with Crippen LogP contribution in [-0.4, -0.2) is 36.2 Å². The SMILES string of the molecule is O=C(CCc1cc(Cl)cs1)NC(C(=O)O)C1CCCOC1. The summed E-state index contributed by atoms with van der Waals surface area (Å²) in [5.41, 5.74) is 0. The first-order valence-corrected chi connectivity index (χ1v) is 8.15. The number of amides is 1. The first kappa shape index (κ1) is 16.3. The van der Waals surface area contributed by atoms with Gasteiger partial charge in [-0.2, -0.15) is 0 Å². The predicted molar refractivity (Wildman–Crippen MR) is 80.8 cm³/mol. The van der Waals surface area contributed by atoms with Gasteiger partial charge in [-0.25, -0.2) is 4.79 Å². The van der Waals surface area contributed by atoms with E-state index in [0.717, 1.165) is 17.7 Å². The van der Waals surface area contributed by atoms with Crippen molar-refractivity contribution in [2.24, 2.45) is 5.92 Å². The second kappa shape index (κ2) is 7.77. The van der Waals surface area contributed by atoms with Crippen LogP contribution in [-0.2, 0) is 20.7 Å². The summed E-state index contributed by atoms with van der Waals surface area (Å²) in [4.78, 5) is 24.3. The lowest BCUT2D eigenvalue weighted by atomic mass is 9.93. The third-order valence-electron chi connectivity index (χ3n) is 3.47. The van der Waals surface area contributed by atoms with Crippen LogP contribution in [0.3, 0.4) is 0 Å². The van der Waals surface area contributed by atoms with Gasteiger partial charge < -0.3 is 15.2 Å². The summed E-state index contributed by atoms with van der Waals surface area (Å²) < 4.78 is 5.30. The Morgan fingerprint density at radius 3 is 2.95 bits per heavy atom. The number of hydrogen-bond donors (Lipinski definition) is 2. The Labute approximate surface area is 132 Å². The Balaban J connectivity index is 1.84. The molecule has 1 amide bonds. The summed E-state index contributed by atoms with van der Waals surface area (Å²) in [7, 11) is 0.